The molecule has 3 aromatic heterocycles. The Morgan fingerprint density at radius 1 is 1.09 bits per heavy atom. The van der Waals surface area contributed by atoms with Gasteiger partial charge in [-0.15, -0.1) is 0 Å². The number of aliphatic hydroxyl groups is 1. The van der Waals surface area contributed by atoms with Crippen molar-refractivity contribution in [2.45, 2.75) is 25.0 Å². The number of imidazole rings is 2. The van der Waals surface area contributed by atoms with Gasteiger partial charge in [0.2, 0.25) is 5.95 Å². The third-order valence-corrected chi connectivity index (χ3v) is 6.57. The molecule has 0 fully saturated rings. The van der Waals surface area contributed by atoms with Crippen LogP contribution in [0.2, 0.25) is 5.02 Å². The molecule has 2 aromatic carbocycles. The molecule has 6 rings (SSSR count). The minimum absolute atomic E-state index is 0.286. The molecule has 1 N–H and O–H groups in total. The highest BCUT2D eigenvalue weighted by Crippen LogP contribution is 2.39. The van der Waals surface area contributed by atoms with Crippen molar-refractivity contribution in [1.82, 2.24) is 28.7 Å². The van der Waals surface area contributed by atoms with Crippen LogP contribution in [0.15, 0.2) is 53.7 Å². The lowest BCUT2D eigenvalue weighted by Gasteiger charge is -2.29. The lowest BCUT2D eigenvalue weighted by molar-refractivity contribution is 0.147. The highest BCUT2D eigenvalue weighted by atomic mass is 35.5. The normalized spacial score (nSPS) is 18.2. The molecule has 3 heterocycles. The van der Waals surface area contributed by atoms with Crippen LogP contribution in [0.1, 0.15) is 36.1 Å². The Kier molecular flexibility index (Phi) is 4.40. The Labute approximate surface area is 191 Å². The summed E-state index contributed by atoms with van der Waals surface area (Å²) >= 11 is 6.17. The largest absolute Gasteiger partial charge is 0.388 e. The average Bonchev–Trinajstić information content (AvgIpc) is 3.32. The molecule has 1 aliphatic rings. The molecule has 1 aliphatic carbocycles. The van der Waals surface area contributed by atoms with Gasteiger partial charge in [0.1, 0.15) is 17.7 Å². The van der Waals surface area contributed by atoms with Crippen molar-refractivity contribution in [3.63, 3.8) is 0 Å². The van der Waals surface area contributed by atoms with Crippen molar-refractivity contribution < 1.29 is 9.50 Å². The van der Waals surface area contributed by atoms with E-state index in [-0.39, 0.29) is 5.69 Å². The van der Waals surface area contributed by atoms with Gasteiger partial charge in [-0.05, 0) is 54.3 Å². The van der Waals surface area contributed by atoms with Gasteiger partial charge in [0.15, 0.2) is 5.65 Å². The minimum Gasteiger partial charge on any atom is -0.388 e. The second kappa shape index (κ2) is 7.23. The van der Waals surface area contributed by atoms with Crippen molar-refractivity contribution in [2.75, 3.05) is 0 Å². The Morgan fingerprint density at radius 3 is 2.79 bits per heavy atom. The van der Waals surface area contributed by atoms with Crippen molar-refractivity contribution in [2.24, 2.45) is 7.05 Å². The van der Waals surface area contributed by atoms with Crippen molar-refractivity contribution in [3.05, 3.63) is 81.4 Å². The second-order valence-electron chi connectivity index (χ2n) is 8.22. The van der Waals surface area contributed by atoms with Crippen LogP contribution in [0.4, 0.5) is 4.39 Å². The monoisotopic (exact) mass is 464 g/mol. The zero-order valence-corrected chi connectivity index (χ0v) is 18.2. The highest BCUT2D eigenvalue weighted by Gasteiger charge is 2.31. The first kappa shape index (κ1) is 20.1. The van der Waals surface area contributed by atoms with E-state index >= 15 is 0 Å². The molecule has 5 aromatic rings. The first-order valence-electron chi connectivity index (χ1n) is 10.5. The first-order chi connectivity index (χ1) is 15.9. The molecule has 2 atom stereocenters. The smallest absolute Gasteiger partial charge is 0.330 e. The summed E-state index contributed by atoms with van der Waals surface area (Å²) in [6.45, 7) is 0. The predicted molar refractivity (Wildman–Crippen MR) is 121 cm³/mol. The topological polar surface area (TPSA) is 90.8 Å². The maximum absolute atomic E-state index is 14.1. The van der Waals surface area contributed by atoms with E-state index in [1.54, 1.807) is 46.9 Å². The molecule has 0 unspecified atom stereocenters. The molecular formula is C23H18ClFN6O2. The van der Waals surface area contributed by atoms with Gasteiger partial charge in [0, 0.05) is 12.1 Å². The Hall–Kier alpha value is -3.56. The van der Waals surface area contributed by atoms with Gasteiger partial charge in [0.25, 0.3) is 0 Å². The van der Waals surface area contributed by atoms with Gasteiger partial charge in [-0.3, -0.25) is 13.7 Å². The van der Waals surface area contributed by atoms with Crippen LogP contribution in [0, 0.1) is 5.82 Å². The van der Waals surface area contributed by atoms with Crippen LogP contribution in [-0.4, -0.2) is 33.8 Å². The number of fused-ring (bicyclic) bond motifs is 3. The number of nitrogens with zero attached hydrogens (tertiary/aromatic N) is 6. The highest BCUT2D eigenvalue weighted by molar-refractivity contribution is 6.31. The van der Waals surface area contributed by atoms with E-state index in [1.165, 1.54) is 16.7 Å². The lowest BCUT2D eigenvalue weighted by atomic mass is 9.85. The Bertz CT molecular complexity index is 1620. The van der Waals surface area contributed by atoms with E-state index in [0.717, 1.165) is 11.0 Å². The van der Waals surface area contributed by atoms with Gasteiger partial charge in [0.05, 0.1) is 29.4 Å². The maximum Gasteiger partial charge on any atom is 0.330 e. The molecule has 0 spiro atoms. The number of aliphatic hydroxyl groups excluding tert-OH is 1. The molecule has 0 amide bonds. The van der Waals surface area contributed by atoms with Crippen molar-refractivity contribution in [1.29, 1.82) is 0 Å². The standard InChI is InChI=1S/C23H18ClFN6O2/c1-29-19-10-26-22(30-11-27-16-5-2-12(24)8-18(16)30)28-21(19)31(23(29)33)17-6-7-20(32)14-4-3-13(25)9-15(14)17/h2-5,8-11,17,20,32H,6-7H2,1H3/t17-,20-/m1/s1. The molecule has 33 heavy (non-hydrogen) atoms. The number of benzene rings is 2. The summed E-state index contributed by atoms with van der Waals surface area (Å²) in [5, 5.41) is 11.0. The maximum atomic E-state index is 14.1. The Balaban J connectivity index is 1.59. The predicted octanol–water partition coefficient (Wildman–Crippen LogP) is 3.68. The molecule has 0 saturated carbocycles. The SMILES string of the molecule is Cn1c(=O)n([C@@H]2CC[C@@H](O)c3ccc(F)cc32)c2nc(-n3cnc4ccc(Cl)cc43)ncc21. The van der Waals surface area contributed by atoms with Crippen LogP contribution in [0.3, 0.4) is 0 Å². The summed E-state index contributed by atoms with van der Waals surface area (Å²) < 4.78 is 18.9. The molecule has 10 heteroatoms. The van der Waals surface area contributed by atoms with E-state index in [0.29, 0.717) is 46.1 Å². The van der Waals surface area contributed by atoms with Crippen LogP contribution in [0.5, 0.6) is 0 Å². The van der Waals surface area contributed by atoms with Gasteiger partial charge in [-0.1, -0.05) is 17.7 Å². The van der Waals surface area contributed by atoms with E-state index in [2.05, 4.69) is 9.97 Å². The van der Waals surface area contributed by atoms with Gasteiger partial charge in [-0.25, -0.2) is 19.2 Å². The zero-order valence-electron chi connectivity index (χ0n) is 17.5. The molecule has 0 bridgehead atoms. The summed E-state index contributed by atoms with van der Waals surface area (Å²) in [4.78, 5) is 26.8. The third-order valence-electron chi connectivity index (χ3n) is 6.34. The molecular weight excluding hydrogens is 447 g/mol. The first-order valence-corrected chi connectivity index (χ1v) is 10.8. The van der Waals surface area contributed by atoms with Gasteiger partial charge in [-0.2, -0.15) is 4.98 Å². The van der Waals surface area contributed by atoms with Crippen LogP contribution in [-0.2, 0) is 7.05 Å². The van der Waals surface area contributed by atoms with E-state index in [9.17, 15) is 14.3 Å². The number of aromatic nitrogens is 6. The summed E-state index contributed by atoms with van der Waals surface area (Å²) in [6, 6.07) is 9.17. The number of aryl methyl sites for hydroxylation is 1. The number of rotatable bonds is 2. The van der Waals surface area contributed by atoms with Crippen LogP contribution >= 0.6 is 11.6 Å². The lowest BCUT2D eigenvalue weighted by Crippen LogP contribution is -2.30. The fourth-order valence-electron chi connectivity index (χ4n) is 4.70. The van der Waals surface area contributed by atoms with Gasteiger partial charge < -0.3 is 5.11 Å². The van der Waals surface area contributed by atoms with E-state index in [4.69, 9.17) is 16.6 Å². The van der Waals surface area contributed by atoms with Gasteiger partial charge >= 0.3 is 5.69 Å². The zero-order chi connectivity index (χ0) is 22.9. The quantitative estimate of drug-likeness (QED) is 0.430. The molecule has 0 saturated heterocycles. The summed E-state index contributed by atoms with van der Waals surface area (Å²) in [6.07, 6.45) is 3.43. The fraction of sp³-hybridized carbons (Fsp3) is 0.217. The fourth-order valence-corrected chi connectivity index (χ4v) is 4.86. The average molecular weight is 465 g/mol. The number of halogens is 2. The minimum atomic E-state index is -0.699. The second-order valence-corrected chi connectivity index (χ2v) is 8.66. The van der Waals surface area contributed by atoms with Crippen LogP contribution < -0.4 is 5.69 Å². The Morgan fingerprint density at radius 2 is 1.94 bits per heavy atom. The number of hydrogen-bond donors (Lipinski definition) is 1. The number of hydrogen-bond acceptors (Lipinski definition) is 5. The molecule has 0 radical (unpaired) electrons. The summed E-state index contributed by atoms with van der Waals surface area (Å²) in [5.74, 6) is -0.0832. The summed E-state index contributed by atoms with van der Waals surface area (Å²) in [5.41, 5.74) is 3.37. The third kappa shape index (κ3) is 3.00. The summed E-state index contributed by atoms with van der Waals surface area (Å²) in [7, 11) is 1.65. The molecule has 8 nitrogen and oxygen atoms in total. The van der Waals surface area contributed by atoms with E-state index < -0.39 is 18.0 Å². The van der Waals surface area contributed by atoms with Crippen molar-refractivity contribution in [3.8, 4) is 5.95 Å². The van der Waals surface area contributed by atoms with E-state index in [1.807, 2.05) is 6.07 Å². The van der Waals surface area contributed by atoms with Crippen molar-refractivity contribution >= 4 is 33.8 Å². The molecule has 166 valence electrons. The molecule has 0 aliphatic heterocycles. The van der Waals surface area contributed by atoms with Crippen LogP contribution in [0.25, 0.3) is 28.1 Å².